The molecular formula is C29H54N6O5. The fourth-order valence-corrected chi connectivity index (χ4v) is 4.44. The van der Waals surface area contributed by atoms with Gasteiger partial charge in [0.2, 0.25) is 17.7 Å². The highest BCUT2D eigenvalue weighted by Crippen LogP contribution is 2.20. The van der Waals surface area contributed by atoms with E-state index in [9.17, 15) is 24.0 Å². The number of nitrogens with one attached hydrogen (secondary N) is 3. The predicted molar refractivity (Wildman–Crippen MR) is 156 cm³/mol. The SMILES string of the molecule is CC(C)[C@H](NC(=O)CCC(=O)N1CCN(CCC(C)(C)C)CC1)C(=O)N[C@@H](CCCNC(N)=O)C(=O)C(C)(C)C. The molecule has 0 bridgehead atoms. The van der Waals surface area contributed by atoms with Crippen molar-refractivity contribution in [3.8, 4) is 0 Å². The first-order valence-corrected chi connectivity index (χ1v) is 14.6. The maximum Gasteiger partial charge on any atom is 0.312 e. The van der Waals surface area contributed by atoms with Crippen molar-refractivity contribution in [2.24, 2.45) is 22.5 Å². The molecular weight excluding hydrogens is 512 g/mol. The molecule has 11 nitrogen and oxygen atoms in total. The summed E-state index contributed by atoms with van der Waals surface area (Å²) in [4.78, 5) is 66.8. The van der Waals surface area contributed by atoms with E-state index in [0.29, 0.717) is 25.9 Å². The van der Waals surface area contributed by atoms with Crippen molar-refractivity contribution in [2.75, 3.05) is 39.3 Å². The molecule has 0 radical (unpaired) electrons. The van der Waals surface area contributed by atoms with Crippen LogP contribution in [0.2, 0.25) is 0 Å². The zero-order chi connectivity index (χ0) is 30.7. The van der Waals surface area contributed by atoms with Crippen LogP contribution < -0.4 is 21.7 Å². The second kappa shape index (κ2) is 15.9. The van der Waals surface area contributed by atoms with Crippen molar-refractivity contribution in [3.05, 3.63) is 0 Å². The highest BCUT2D eigenvalue weighted by atomic mass is 16.2. The van der Waals surface area contributed by atoms with Gasteiger partial charge < -0.3 is 26.6 Å². The van der Waals surface area contributed by atoms with Crippen molar-refractivity contribution >= 4 is 29.5 Å². The Hall–Kier alpha value is -2.69. The molecule has 11 heteroatoms. The average molecular weight is 567 g/mol. The van der Waals surface area contributed by atoms with Crippen LogP contribution in [0, 0.1) is 16.7 Å². The summed E-state index contributed by atoms with van der Waals surface area (Å²) in [6, 6.07) is -2.28. The van der Waals surface area contributed by atoms with Crippen molar-refractivity contribution < 1.29 is 24.0 Å². The minimum absolute atomic E-state index is 0.0112. The van der Waals surface area contributed by atoms with Crippen LogP contribution in [0.15, 0.2) is 0 Å². The molecule has 40 heavy (non-hydrogen) atoms. The lowest BCUT2D eigenvalue weighted by Crippen LogP contribution is -2.55. The van der Waals surface area contributed by atoms with Crippen molar-refractivity contribution in [3.63, 3.8) is 0 Å². The molecule has 1 saturated heterocycles. The fourth-order valence-electron chi connectivity index (χ4n) is 4.44. The number of carbonyl (C=O) groups is 5. The largest absolute Gasteiger partial charge is 0.352 e. The number of hydrogen-bond donors (Lipinski definition) is 4. The van der Waals surface area contributed by atoms with Gasteiger partial charge in [-0.2, -0.15) is 0 Å². The summed E-state index contributed by atoms with van der Waals surface area (Å²) < 4.78 is 0. The van der Waals surface area contributed by atoms with Crippen molar-refractivity contribution in [1.29, 1.82) is 0 Å². The second-order valence-electron chi connectivity index (χ2n) is 13.4. The number of piperazine rings is 1. The Labute approximate surface area is 240 Å². The van der Waals surface area contributed by atoms with Gasteiger partial charge in [0.15, 0.2) is 5.78 Å². The topological polar surface area (TPSA) is 154 Å². The van der Waals surface area contributed by atoms with E-state index in [1.807, 2.05) is 18.7 Å². The molecule has 5 N–H and O–H groups in total. The molecule has 1 fully saturated rings. The van der Waals surface area contributed by atoms with E-state index < -0.39 is 29.4 Å². The van der Waals surface area contributed by atoms with Gasteiger partial charge in [-0.3, -0.25) is 24.1 Å². The van der Waals surface area contributed by atoms with E-state index in [0.717, 1.165) is 26.1 Å². The summed E-state index contributed by atoms with van der Waals surface area (Å²) in [6.07, 6.45) is 1.94. The number of amides is 5. The number of urea groups is 1. The first-order chi connectivity index (χ1) is 18.4. The number of primary amides is 1. The van der Waals surface area contributed by atoms with Crippen molar-refractivity contribution in [2.45, 2.75) is 99.6 Å². The van der Waals surface area contributed by atoms with Crippen LogP contribution in [-0.2, 0) is 19.2 Å². The number of carbonyl (C=O) groups excluding carboxylic acids is 5. The molecule has 0 aromatic rings. The maximum absolute atomic E-state index is 13.2. The average Bonchev–Trinajstić information content (AvgIpc) is 2.84. The Bertz CT molecular complexity index is 869. The molecule has 0 unspecified atom stereocenters. The van der Waals surface area contributed by atoms with E-state index in [1.165, 1.54) is 0 Å². The lowest BCUT2D eigenvalue weighted by molar-refractivity contribution is -0.136. The second-order valence-corrected chi connectivity index (χ2v) is 13.4. The van der Waals surface area contributed by atoms with Gasteiger partial charge in [-0.15, -0.1) is 0 Å². The third-order valence-electron chi connectivity index (χ3n) is 7.08. The first kappa shape index (κ1) is 35.3. The van der Waals surface area contributed by atoms with Gasteiger partial charge in [0, 0.05) is 51.0 Å². The van der Waals surface area contributed by atoms with Gasteiger partial charge in [-0.25, -0.2) is 4.79 Å². The molecule has 1 rings (SSSR count). The van der Waals surface area contributed by atoms with E-state index in [-0.39, 0.29) is 48.3 Å². The number of ketones is 1. The van der Waals surface area contributed by atoms with Crippen LogP contribution in [0.1, 0.15) is 87.5 Å². The minimum Gasteiger partial charge on any atom is -0.352 e. The third-order valence-corrected chi connectivity index (χ3v) is 7.08. The summed E-state index contributed by atoms with van der Waals surface area (Å²) in [7, 11) is 0. The number of Topliss-reactive ketones (excluding diaryl/α,β-unsaturated/α-hetero) is 1. The summed E-state index contributed by atoms with van der Waals surface area (Å²) in [5.41, 5.74) is 4.69. The molecule has 1 aliphatic heterocycles. The fraction of sp³-hybridized carbons (Fsp3) is 0.828. The maximum atomic E-state index is 13.2. The molecule has 0 aliphatic carbocycles. The van der Waals surface area contributed by atoms with Gasteiger partial charge in [0.05, 0.1) is 6.04 Å². The zero-order valence-electron chi connectivity index (χ0n) is 26.0. The van der Waals surface area contributed by atoms with Gasteiger partial charge in [0.25, 0.3) is 0 Å². The molecule has 0 aromatic carbocycles. The van der Waals surface area contributed by atoms with Gasteiger partial charge in [-0.05, 0) is 37.1 Å². The Morgan fingerprint density at radius 1 is 0.875 bits per heavy atom. The molecule has 1 heterocycles. The zero-order valence-corrected chi connectivity index (χ0v) is 26.0. The lowest BCUT2D eigenvalue weighted by atomic mass is 9.84. The molecule has 0 aromatic heterocycles. The highest BCUT2D eigenvalue weighted by Gasteiger charge is 2.33. The monoisotopic (exact) mass is 566 g/mol. The van der Waals surface area contributed by atoms with Crippen LogP contribution >= 0.6 is 0 Å². The quantitative estimate of drug-likeness (QED) is 0.236. The number of nitrogens with zero attached hydrogens (tertiary/aromatic N) is 2. The summed E-state index contributed by atoms with van der Waals surface area (Å²) in [6.45, 7) is 19.9. The number of rotatable bonds is 14. The van der Waals surface area contributed by atoms with E-state index in [4.69, 9.17) is 5.73 Å². The van der Waals surface area contributed by atoms with Gasteiger partial charge in [0.1, 0.15) is 6.04 Å². The lowest BCUT2D eigenvalue weighted by Gasteiger charge is -2.36. The minimum atomic E-state index is -0.854. The number of nitrogens with two attached hydrogens (primary N) is 1. The number of hydrogen-bond acceptors (Lipinski definition) is 6. The van der Waals surface area contributed by atoms with Crippen LogP contribution in [0.4, 0.5) is 4.79 Å². The smallest absolute Gasteiger partial charge is 0.312 e. The summed E-state index contributed by atoms with van der Waals surface area (Å²) >= 11 is 0. The molecule has 1 aliphatic rings. The van der Waals surface area contributed by atoms with Crippen LogP contribution in [0.5, 0.6) is 0 Å². The van der Waals surface area contributed by atoms with E-state index in [2.05, 4.69) is 41.6 Å². The third kappa shape index (κ3) is 13.6. The van der Waals surface area contributed by atoms with Crippen molar-refractivity contribution in [1.82, 2.24) is 25.8 Å². The highest BCUT2D eigenvalue weighted by molar-refractivity contribution is 5.95. The molecule has 0 spiro atoms. The van der Waals surface area contributed by atoms with E-state index in [1.54, 1.807) is 20.8 Å². The molecule has 0 saturated carbocycles. The van der Waals surface area contributed by atoms with Crippen LogP contribution in [0.3, 0.4) is 0 Å². The molecule has 230 valence electrons. The predicted octanol–water partition coefficient (Wildman–Crippen LogP) is 2.04. The first-order valence-electron chi connectivity index (χ1n) is 14.6. The Balaban J connectivity index is 2.64. The van der Waals surface area contributed by atoms with Gasteiger partial charge >= 0.3 is 6.03 Å². The summed E-state index contributed by atoms with van der Waals surface area (Å²) in [5.74, 6) is -1.26. The van der Waals surface area contributed by atoms with Gasteiger partial charge in [-0.1, -0.05) is 55.4 Å². The van der Waals surface area contributed by atoms with Crippen LogP contribution in [-0.4, -0.2) is 90.7 Å². The Morgan fingerprint density at radius 2 is 1.48 bits per heavy atom. The molecule has 5 amide bonds. The Morgan fingerprint density at radius 3 is 1.98 bits per heavy atom. The van der Waals surface area contributed by atoms with E-state index >= 15 is 0 Å². The standard InChI is InChI=1S/C29H54N6O5/c1-20(2)24(26(39)32-21(25(38)29(6,7)8)10-9-14-31-27(30)40)33-22(36)11-12-23(37)35-18-16-34(17-19-35)15-13-28(3,4)5/h20-21,24H,9-19H2,1-8H3,(H,32,39)(H,33,36)(H3,30,31,40)/t21-,24-/m0/s1. The normalized spacial score (nSPS) is 16.3. The molecule has 2 atom stereocenters. The summed E-state index contributed by atoms with van der Waals surface area (Å²) in [5, 5.41) is 8.06. The Kier molecular flexibility index (Phi) is 14.1. The van der Waals surface area contributed by atoms with Crippen LogP contribution in [0.25, 0.3) is 0 Å².